The third kappa shape index (κ3) is 3.03. The van der Waals surface area contributed by atoms with Crippen LogP contribution in [-0.2, 0) is 4.74 Å². The van der Waals surface area contributed by atoms with Gasteiger partial charge in [0.25, 0.3) is 0 Å². The molecule has 20 heavy (non-hydrogen) atoms. The van der Waals surface area contributed by atoms with E-state index in [1.165, 1.54) is 45.4 Å². The fourth-order valence-electron chi connectivity index (χ4n) is 4.30. The number of piperazine rings is 1. The molecule has 0 spiro atoms. The molecule has 0 aromatic carbocycles. The third-order valence-corrected chi connectivity index (χ3v) is 5.84. The first-order valence-electron chi connectivity index (χ1n) is 8.48. The van der Waals surface area contributed by atoms with Crippen LogP contribution in [0.15, 0.2) is 0 Å². The maximum Gasteiger partial charge on any atom is 0.0472 e. The summed E-state index contributed by atoms with van der Waals surface area (Å²) in [5.74, 6) is 0. The van der Waals surface area contributed by atoms with Gasteiger partial charge in [0.05, 0.1) is 0 Å². The van der Waals surface area contributed by atoms with E-state index in [1.54, 1.807) is 0 Å². The van der Waals surface area contributed by atoms with E-state index < -0.39 is 0 Å². The molecule has 0 bridgehead atoms. The molecule has 3 rings (SSSR count). The number of hydrogen-bond acceptors (Lipinski definition) is 4. The molecule has 2 N–H and O–H groups in total. The van der Waals surface area contributed by atoms with E-state index in [1.807, 2.05) is 0 Å². The molecule has 4 heteroatoms. The Morgan fingerprint density at radius 2 is 2.00 bits per heavy atom. The minimum absolute atomic E-state index is 0.309. The quantitative estimate of drug-likeness (QED) is 0.847. The SMILES string of the molecule is CC1CN2CCCCC2CN1CC1(CN)CCOCC1. The average Bonchev–Trinajstić information content (AvgIpc) is 2.49. The van der Waals surface area contributed by atoms with Crippen molar-refractivity contribution in [2.75, 3.05) is 45.9 Å². The third-order valence-electron chi connectivity index (χ3n) is 5.84. The van der Waals surface area contributed by atoms with Gasteiger partial charge in [-0.3, -0.25) is 9.80 Å². The molecule has 0 aliphatic carbocycles. The highest BCUT2D eigenvalue weighted by atomic mass is 16.5. The van der Waals surface area contributed by atoms with E-state index in [0.717, 1.165) is 38.6 Å². The molecule has 3 aliphatic rings. The average molecular weight is 281 g/mol. The van der Waals surface area contributed by atoms with E-state index in [-0.39, 0.29) is 0 Å². The smallest absolute Gasteiger partial charge is 0.0472 e. The maximum absolute atomic E-state index is 6.14. The zero-order valence-electron chi connectivity index (χ0n) is 13.0. The van der Waals surface area contributed by atoms with E-state index in [2.05, 4.69) is 16.7 Å². The van der Waals surface area contributed by atoms with Gasteiger partial charge in [-0.05, 0) is 51.1 Å². The maximum atomic E-state index is 6.14. The highest BCUT2D eigenvalue weighted by molar-refractivity contribution is 4.93. The van der Waals surface area contributed by atoms with Crippen LogP contribution in [0.1, 0.15) is 39.0 Å². The number of fused-ring (bicyclic) bond motifs is 1. The Hall–Kier alpha value is -0.160. The van der Waals surface area contributed by atoms with Gasteiger partial charge in [-0.15, -0.1) is 0 Å². The van der Waals surface area contributed by atoms with Crippen LogP contribution in [0.25, 0.3) is 0 Å². The number of nitrogens with zero attached hydrogens (tertiary/aromatic N) is 2. The van der Waals surface area contributed by atoms with Crippen molar-refractivity contribution in [3.8, 4) is 0 Å². The van der Waals surface area contributed by atoms with Crippen LogP contribution >= 0.6 is 0 Å². The summed E-state index contributed by atoms with van der Waals surface area (Å²) < 4.78 is 5.55. The van der Waals surface area contributed by atoms with Crippen LogP contribution in [0.4, 0.5) is 0 Å². The van der Waals surface area contributed by atoms with Gasteiger partial charge in [-0.1, -0.05) is 6.42 Å². The summed E-state index contributed by atoms with van der Waals surface area (Å²) >= 11 is 0. The standard InChI is InChI=1S/C16H31N3O/c1-14-10-18-7-3-2-4-15(18)11-19(14)13-16(12-17)5-8-20-9-6-16/h14-15H,2-13,17H2,1H3. The van der Waals surface area contributed by atoms with E-state index in [4.69, 9.17) is 10.5 Å². The Labute approximate surface area is 123 Å². The number of hydrogen-bond donors (Lipinski definition) is 1. The molecule has 0 amide bonds. The first kappa shape index (κ1) is 14.8. The van der Waals surface area contributed by atoms with E-state index >= 15 is 0 Å². The number of ether oxygens (including phenoxy) is 1. The number of piperidine rings is 1. The summed E-state index contributed by atoms with van der Waals surface area (Å²) in [5, 5.41) is 0. The first-order chi connectivity index (χ1) is 9.72. The van der Waals surface area contributed by atoms with Crippen LogP contribution in [0.3, 0.4) is 0 Å². The van der Waals surface area contributed by atoms with Crippen molar-refractivity contribution in [1.82, 2.24) is 9.80 Å². The van der Waals surface area contributed by atoms with E-state index in [0.29, 0.717) is 11.5 Å². The van der Waals surface area contributed by atoms with Crippen molar-refractivity contribution >= 4 is 0 Å². The van der Waals surface area contributed by atoms with Crippen LogP contribution < -0.4 is 5.73 Å². The lowest BCUT2D eigenvalue weighted by Gasteiger charge is -2.50. The van der Waals surface area contributed by atoms with Gasteiger partial charge in [0, 0.05) is 44.9 Å². The molecule has 0 aromatic rings. The van der Waals surface area contributed by atoms with Crippen molar-refractivity contribution < 1.29 is 4.74 Å². The Morgan fingerprint density at radius 1 is 1.20 bits per heavy atom. The Bertz CT molecular complexity index is 317. The molecule has 2 unspecified atom stereocenters. The van der Waals surface area contributed by atoms with Crippen molar-refractivity contribution in [3.05, 3.63) is 0 Å². The summed E-state index contributed by atoms with van der Waals surface area (Å²) in [6.45, 7) is 10.0. The highest BCUT2D eigenvalue weighted by Crippen LogP contribution is 2.33. The molecule has 116 valence electrons. The lowest BCUT2D eigenvalue weighted by molar-refractivity contribution is -0.0397. The van der Waals surface area contributed by atoms with E-state index in [9.17, 15) is 0 Å². The molecule has 0 aromatic heterocycles. The summed E-state index contributed by atoms with van der Waals surface area (Å²) in [7, 11) is 0. The van der Waals surface area contributed by atoms with Crippen molar-refractivity contribution in [2.24, 2.45) is 11.1 Å². The monoisotopic (exact) mass is 281 g/mol. The fourth-order valence-corrected chi connectivity index (χ4v) is 4.30. The molecule has 2 atom stereocenters. The Balaban J connectivity index is 1.63. The fraction of sp³-hybridized carbons (Fsp3) is 1.00. The van der Waals surface area contributed by atoms with Gasteiger partial charge in [0.15, 0.2) is 0 Å². The molecule has 4 nitrogen and oxygen atoms in total. The Morgan fingerprint density at radius 3 is 2.75 bits per heavy atom. The normalized spacial score (nSPS) is 35.7. The van der Waals surface area contributed by atoms with Crippen molar-refractivity contribution in [2.45, 2.75) is 51.1 Å². The van der Waals surface area contributed by atoms with Gasteiger partial charge in [-0.25, -0.2) is 0 Å². The molecule has 0 saturated carbocycles. The predicted octanol–water partition coefficient (Wildman–Crippen LogP) is 1.30. The molecular weight excluding hydrogens is 250 g/mol. The molecule has 0 radical (unpaired) electrons. The Kier molecular flexibility index (Phi) is 4.65. The topological polar surface area (TPSA) is 41.7 Å². The first-order valence-corrected chi connectivity index (χ1v) is 8.48. The van der Waals surface area contributed by atoms with Crippen LogP contribution in [0, 0.1) is 5.41 Å². The van der Waals surface area contributed by atoms with Crippen molar-refractivity contribution in [3.63, 3.8) is 0 Å². The van der Waals surface area contributed by atoms with Gasteiger partial charge >= 0.3 is 0 Å². The molecule has 3 fully saturated rings. The summed E-state index contributed by atoms with van der Waals surface area (Å²) in [4.78, 5) is 5.45. The zero-order valence-corrected chi connectivity index (χ0v) is 13.0. The number of rotatable bonds is 3. The molecule has 3 aliphatic heterocycles. The van der Waals surface area contributed by atoms with Crippen LogP contribution in [0.5, 0.6) is 0 Å². The largest absolute Gasteiger partial charge is 0.381 e. The summed E-state index contributed by atoms with van der Waals surface area (Å²) in [6.07, 6.45) is 6.48. The van der Waals surface area contributed by atoms with Gasteiger partial charge in [0.2, 0.25) is 0 Å². The lowest BCUT2D eigenvalue weighted by atomic mass is 9.79. The lowest BCUT2D eigenvalue weighted by Crippen LogP contribution is -2.61. The zero-order chi connectivity index (χ0) is 14.0. The van der Waals surface area contributed by atoms with Crippen LogP contribution in [0.2, 0.25) is 0 Å². The second-order valence-electron chi connectivity index (χ2n) is 7.24. The summed E-state index contributed by atoms with van der Waals surface area (Å²) in [6, 6.07) is 1.48. The second kappa shape index (κ2) is 6.30. The van der Waals surface area contributed by atoms with Crippen LogP contribution in [-0.4, -0.2) is 67.8 Å². The van der Waals surface area contributed by atoms with Crippen molar-refractivity contribution in [1.29, 1.82) is 0 Å². The van der Waals surface area contributed by atoms with Gasteiger partial charge in [0.1, 0.15) is 0 Å². The summed E-state index contributed by atoms with van der Waals surface area (Å²) in [5.41, 5.74) is 6.45. The minimum Gasteiger partial charge on any atom is -0.381 e. The van der Waals surface area contributed by atoms with Gasteiger partial charge < -0.3 is 10.5 Å². The molecule has 3 heterocycles. The molecule has 3 saturated heterocycles. The minimum atomic E-state index is 0.309. The highest BCUT2D eigenvalue weighted by Gasteiger charge is 2.38. The molecular formula is C16H31N3O. The number of nitrogens with two attached hydrogens (primary N) is 1. The second-order valence-corrected chi connectivity index (χ2v) is 7.24. The van der Waals surface area contributed by atoms with Gasteiger partial charge in [-0.2, -0.15) is 0 Å². The predicted molar refractivity (Wildman–Crippen MR) is 81.8 cm³/mol.